The number of nitrogens with one attached hydrogen (secondary N) is 1. The third kappa shape index (κ3) is 3.47. The molecule has 154 valence electrons. The first-order chi connectivity index (χ1) is 14.3. The lowest BCUT2D eigenvalue weighted by Crippen LogP contribution is -2.44. The maximum atomic E-state index is 12.9. The van der Waals surface area contributed by atoms with Gasteiger partial charge in [0, 0.05) is 18.3 Å². The number of amides is 4. The largest absolute Gasteiger partial charge is 0.325 e. The van der Waals surface area contributed by atoms with Gasteiger partial charge in [0.05, 0.1) is 13.0 Å². The Morgan fingerprint density at radius 2 is 1.83 bits per heavy atom. The van der Waals surface area contributed by atoms with Gasteiger partial charge in [-0.2, -0.15) is 0 Å². The highest BCUT2D eigenvalue weighted by Crippen LogP contribution is 2.29. The zero-order chi connectivity index (χ0) is 21.5. The summed E-state index contributed by atoms with van der Waals surface area (Å²) in [5.41, 5.74) is 1.97. The molecule has 0 unspecified atom stereocenters. The Morgan fingerprint density at radius 1 is 1.10 bits per heavy atom. The van der Waals surface area contributed by atoms with Crippen LogP contribution in [-0.2, 0) is 22.4 Å². The number of fused-ring (bicyclic) bond motifs is 1. The van der Waals surface area contributed by atoms with Crippen LogP contribution in [0.25, 0.3) is 0 Å². The SMILES string of the molecule is CN1C(=O)Cc2cc(C(=O)CN3C(=O)N[C@](C)(CCc4ccccc4)C3=O)ccc21. The number of aryl methyl sites for hydroxylation is 1. The number of rotatable bonds is 6. The molecule has 1 fully saturated rings. The van der Waals surface area contributed by atoms with Gasteiger partial charge in [-0.25, -0.2) is 4.79 Å². The lowest BCUT2D eigenvalue weighted by Gasteiger charge is -2.21. The normalized spacial score (nSPS) is 20.5. The second kappa shape index (κ2) is 7.40. The number of carbonyl (C=O) groups excluding carboxylic acids is 4. The van der Waals surface area contributed by atoms with Crippen molar-refractivity contribution in [2.45, 2.75) is 31.7 Å². The van der Waals surface area contributed by atoms with Crippen LogP contribution >= 0.6 is 0 Å². The van der Waals surface area contributed by atoms with Crippen molar-refractivity contribution < 1.29 is 19.2 Å². The molecule has 4 amide bonds. The van der Waals surface area contributed by atoms with Crippen molar-refractivity contribution in [3.05, 3.63) is 65.2 Å². The van der Waals surface area contributed by atoms with Gasteiger partial charge in [0.2, 0.25) is 5.91 Å². The molecule has 30 heavy (non-hydrogen) atoms. The van der Waals surface area contributed by atoms with E-state index in [0.29, 0.717) is 18.4 Å². The maximum absolute atomic E-state index is 12.9. The number of hydrogen-bond donors (Lipinski definition) is 1. The molecular formula is C23H23N3O4. The number of benzene rings is 2. The molecule has 2 aromatic carbocycles. The summed E-state index contributed by atoms with van der Waals surface area (Å²) in [5.74, 6) is -0.763. The molecule has 0 aliphatic carbocycles. The van der Waals surface area contributed by atoms with E-state index in [9.17, 15) is 19.2 Å². The first-order valence-corrected chi connectivity index (χ1v) is 9.89. The van der Waals surface area contributed by atoms with Gasteiger partial charge in [0.15, 0.2) is 5.78 Å². The lowest BCUT2D eigenvalue weighted by atomic mass is 9.93. The predicted molar refractivity (Wildman–Crippen MR) is 111 cm³/mol. The van der Waals surface area contributed by atoms with Crippen molar-refractivity contribution in [1.29, 1.82) is 0 Å². The zero-order valence-corrected chi connectivity index (χ0v) is 17.0. The van der Waals surface area contributed by atoms with E-state index in [1.807, 2.05) is 30.3 Å². The van der Waals surface area contributed by atoms with Gasteiger partial charge in [-0.3, -0.25) is 19.3 Å². The molecule has 2 heterocycles. The second-order valence-corrected chi connectivity index (χ2v) is 8.04. The van der Waals surface area contributed by atoms with E-state index >= 15 is 0 Å². The highest BCUT2D eigenvalue weighted by atomic mass is 16.2. The van der Waals surface area contributed by atoms with Crippen LogP contribution in [0.5, 0.6) is 0 Å². The third-order valence-electron chi connectivity index (χ3n) is 5.88. The topological polar surface area (TPSA) is 86.8 Å². The molecule has 7 nitrogen and oxygen atoms in total. The van der Waals surface area contributed by atoms with Crippen LogP contribution in [-0.4, -0.2) is 47.7 Å². The van der Waals surface area contributed by atoms with Crippen molar-refractivity contribution in [3.8, 4) is 0 Å². The van der Waals surface area contributed by atoms with Crippen LogP contribution in [0.2, 0.25) is 0 Å². The Bertz CT molecular complexity index is 1050. The average molecular weight is 405 g/mol. The Balaban J connectivity index is 1.45. The first-order valence-electron chi connectivity index (χ1n) is 9.89. The van der Waals surface area contributed by atoms with Crippen LogP contribution < -0.4 is 10.2 Å². The van der Waals surface area contributed by atoms with E-state index < -0.39 is 17.5 Å². The molecule has 1 N–H and O–H groups in total. The average Bonchev–Trinajstić information content (AvgIpc) is 3.14. The molecule has 1 atom stereocenters. The van der Waals surface area contributed by atoms with Crippen LogP contribution in [0.4, 0.5) is 10.5 Å². The standard InChI is InChI=1S/C23H23N3O4/c1-23(11-10-15-6-4-3-5-7-15)21(29)26(22(30)24-23)14-19(27)16-8-9-18-17(12-16)13-20(28)25(18)2/h3-9,12H,10-11,13-14H2,1-2H3,(H,24,30)/t23-/m1/s1. The molecule has 7 heteroatoms. The molecule has 0 saturated carbocycles. The summed E-state index contributed by atoms with van der Waals surface area (Å²) in [6, 6.07) is 14.2. The minimum Gasteiger partial charge on any atom is -0.323 e. The summed E-state index contributed by atoms with van der Waals surface area (Å²) in [4.78, 5) is 52.5. The minimum absolute atomic E-state index is 0.0297. The van der Waals surface area contributed by atoms with Crippen molar-refractivity contribution in [1.82, 2.24) is 10.2 Å². The summed E-state index contributed by atoms with van der Waals surface area (Å²) in [7, 11) is 1.69. The van der Waals surface area contributed by atoms with Gasteiger partial charge in [0.1, 0.15) is 5.54 Å². The number of nitrogens with zero attached hydrogens (tertiary/aromatic N) is 2. The number of carbonyl (C=O) groups is 4. The molecule has 2 aromatic rings. The first kappa shape index (κ1) is 19.8. The summed E-state index contributed by atoms with van der Waals surface area (Å²) in [6.45, 7) is 1.37. The Kier molecular flexibility index (Phi) is 4.89. The fourth-order valence-corrected chi connectivity index (χ4v) is 3.98. The number of Topliss-reactive ketones (excluding diaryl/α,β-unsaturated/α-hetero) is 1. The molecule has 0 radical (unpaired) electrons. The highest BCUT2D eigenvalue weighted by Gasteiger charge is 2.47. The Labute approximate surface area is 174 Å². The minimum atomic E-state index is -1.04. The van der Waals surface area contributed by atoms with E-state index in [1.165, 1.54) is 0 Å². The van der Waals surface area contributed by atoms with E-state index in [2.05, 4.69) is 5.32 Å². The van der Waals surface area contributed by atoms with Crippen LogP contribution in [0.1, 0.15) is 34.8 Å². The Hall–Kier alpha value is -3.48. The van der Waals surface area contributed by atoms with Crippen LogP contribution in [0.3, 0.4) is 0 Å². The van der Waals surface area contributed by atoms with Crippen molar-refractivity contribution in [3.63, 3.8) is 0 Å². The van der Waals surface area contributed by atoms with E-state index in [0.717, 1.165) is 21.7 Å². The van der Waals surface area contributed by atoms with Gasteiger partial charge in [-0.1, -0.05) is 30.3 Å². The van der Waals surface area contributed by atoms with Crippen LogP contribution in [0, 0.1) is 0 Å². The van der Waals surface area contributed by atoms with Gasteiger partial charge in [-0.15, -0.1) is 0 Å². The quantitative estimate of drug-likeness (QED) is 0.590. The van der Waals surface area contributed by atoms with Gasteiger partial charge < -0.3 is 10.2 Å². The zero-order valence-electron chi connectivity index (χ0n) is 17.0. The molecule has 0 bridgehead atoms. The van der Waals surface area contributed by atoms with Gasteiger partial charge >= 0.3 is 6.03 Å². The third-order valence-corrected chi connectivity index (χ3v) is 5.88. The number of anilines is 1. The molecule has 4 rings (SSSR count). The van der Waals surface area contributed by atoms with Crippen LogP contribution in [0.15, 0.2) is 48.5 Å². The molecule has 0 spiro atoms. The fourth-order valence-electron chi connectivity index (χ4n) is 3.98. The monoisotopic (exact) mass is 405 g/mol. The Morgan fingerprint density at radius 3 is 2.57 bits per heavy atom. The lowest BCUT2D eigenvalue weighted by molar-refractivity contribution is -0.130. The summed E-state index contributed by atoms with van der Waals surface area (Å²) in [6.07, 6.45) is 1.32. The smallest absolute Gasteiger partial charge is 0.323 e. The summed E-state index contributed by atoms with van der Waals surface area (Å²) in [5, 5.41) is 2.74. The van der Waals surface area contributed by atoms with Crippen molar-refractivity contribution >= 4 is 29.3 Å². The number of ketones is 1. The molecule has 2 aliphatic rings. The molecule has 1 saturated heterocycles. The van der Waals surface area contributed by atoms with E-state index in [1.54, 1.807) is 37.1 Å². The summed E-state index contributed by atoms with van der Waals surface area (Å²) >= 11 is 0. The van der Waals surface area contributed by atoms with Gasteiger partial charge in [0.25, 0.3) is 5.91 Å². The predicted octanol–water partition coefficient (Wildman–Crippen LogP) is 2.33. The van der Waals surface area contributed by atoms with E-state index in [4.69, 9.17) is 0 Å². The van der Waals surface area contributed by atoms with Gasteiger partial charge in [-0.05, 0) is 49.1 Å². The number of imide groups is 1. The molecule has 2 aliphatic heterocycles. The highest BCUT2D eigenvalue weighted by molar-refractivity contribution is 6.11. The van der Waals surface area contributed by atoms with Crippen molar-refractivity contribution in [2.24, 2.45) is 0 Å². The number of likely N-dealkylation sites (N-methyl/N-ethyl adjacent to an activating group) is 1. The number of urea groups is 1. The molecular weight excluding hydrogens is 382 g/mol. The van der Waals surface area contributed by atoms with E-state index in [-0.39, 0.29) is 24.7 Å². The molecule has 0 aromatic heterocycles. The second-order valence-electron chi connectivity index (χ2n) is 8.04. The summed E-state index contributed by atoms with van der Waals surface area (Å²) < 4.78 is 0. The van der Waals surface area contributed by atoms with Crippen molar-refractivity contribution in [2.75, 3.05) is 18.5 Å². The number of hydrogen-bond acceptors (Lipinski definition) is 4. The fraction of sp³-hybridized carbons (Fsp3) is 0.304. The maximum Gasteiger partial charge on any atom is 0.325 e.